The maximum atomic E-state index is 3.91. The second kappa shape index (κ2) is 8.81. The van der Waals surface area contributed by atoms with Crippen molar-refractivity contribution in [2.24, 2.45) is 5.92 Å². The summed E-state index contributed by atoms with van der Waals surface area (Å²) in [5.41, 5.74) is 0. The number of nitrogens with one attached hydrogen (secondary N) is 1. The first-order valence-corrected chi connectivity index (χ1v) is 7.22. The molecule has 0 radical (unpaired) electrons. The molecule has 1 aliphatic rings. The smallest absolute Gasteiger partial charge is 0.0130 e. The molecule has 0 heterocycles. The molecule has 1 nitrogen and oxygen atoms in total. The summed E-state index contributed by atoms with van der Waals surface area (Å²) in [6.07, 6.45) is 14.6. The number of rotatable bonds is 6. The van der Waals surface area contributed by atoms with Crippen LogP contribution in [-0.2, 0) is 0 Å². The largest absolute Gasteiger partial charge is 0.313 e. The molecule has 94 valence electrons. The minimum absolute atomic E-state index is 0.690. The molecule has 1 heteroatoms. The Morgan fingerprint density at radius 2 is 1.81 bits per heavy atom. The van der Waals surface area contributed by atoms with Crippen LogP contribution >= 0.6 is 0 Å². The molecule has 1 N–H and O–H groups in total. The van der Waals surface area contributed by atoms with Crippen LogP contribution in [0.4, 0.5) is 0 Å². The topological polar surface area (TPSA) is 12.0 Å². The van der Waals surface area contributed by atoms with E-state index < -0.39 is 0 Å². The first-order chi connectivity index (χ1) is 7.88. The predicted molar refractivity (Wildman–Crippen MR) is 72.7 cm³/mol. The second-order valence-electron chi connectivity index (χ2n) is 5.19. The van der Waals surface area contributed by atoms with Crippen molar-refractivity contribution >= 4 is 0 Å². The van der Waals surface area contributed by atoms with Gasteiger partial charge in [0.25, 0.3) is 0 Å². The molecule has 0 aromatic carbocycles. The van der Waals surface area contributed by atoms with Gasteiger partial charge in [0.15, 0.2) is 0 Å². The Morgan fingerprint density at radius 3 is 2.38 bits per heavy atom. The van der Waals surface area contributed by atoms with Crippen LogP contribution in [0.15, 0.2) is 12.7 Å². The highest BCUT2D eigenvalue weighted by Gasteiger charge is 2.20. The molecule has 0 aromatic rings. The van der Waals surface area contributed by atoms with Gasteiger partial charge in [0.2, 0.25) is 0 Å². The summed E-state index contributed by atoms with van der Waals surface area (Å²) in [4.78, 5) is 0. The molecular weight excluding hydrogens is 194 g/mol. The van der Waals surface area contributed by atoms with E-state index in [2.05, 4.69) is 24.9 Å². The number of hydrogen-bond donors (Lipinski definition) is 1. The molecule has 0 spiro atoms. The van der Waals surface area contributed by atoms with Crippen LogP contribution in [0.1, 0.15) is 64.7 Å². The van der Waals surface area contributed by atoms with Gasteiger partial charge < -0.3 is 5.32 Å². The Balaban J connectivity index is 2.41. The third-order valence-electron chi connectivity index (χ3n) is 3.80. The van der Waals surface area contributed by atoms with Gasteiger partial charge in [0.05, 0.1) is 0 Å². The van der Waals surface area contributed by atoms with E-state index in [9.17, 15) is 0 Å². The maximum absolute atomic E-state index is 3.91. The highest BCUT2D eigenvalue weighted by molar-refractivity contribution is 4.84. The van der Waals surface area contributed by atoms with Gasteiger partial charge in [-0.2, -0.15) is 0 Å². The van der Waals surface area contributed by atoms with E-state index in [1.165, 1.54) is 51.4 Å². The molecular formula is C15H29N. The quantitative estimate of drug-likeness (QED) is 0.662. The lowest BCUT2D eigenvalue weighted by Gasteiger charge is -2.29. The van der Waals surface area contributed by atoms with Gasteiger partial charge >= 0.3 is 0 Å². The summed E-state index contributed by atoms with van der Waals surface area (Å²) < 4.78 is 0. The predicted octanol–water partition coefficient (Wildman–Crippen LogP) is 4.29. The summed E-state index contributed by atoms with van der Waals surface area (Å²) in [5.74, 6) is 0.893. The van der Waals surface area contributed by atoms with Crippen molar-refractivity contribution in [2.45, 2.75) is 70.8 Å². The van der Waals surface area contributed by atoms with Crippen molar-refractivity contribution in [3.63, 3.8) is 0 Å². The summed E-state index contributed by atoms with van der Waals surface area (Å²) >= 11 is 0. The Labute approximate surface area is 102 Å². The molecule has 0 saturated heterocycles. The lowest BCUT2D eigenvalue weighted by atomic mass is 9.84. The van der Waals surface area contributed by atoms with E-state index in [1.807, 2.05) is 0 Å². The third-order valence-corrected chi connectivity index (χ3v) is 3.80. The zero-order valence-corrected chi connectivity index (χ0v) is 11.0. The van der Waals surface area contributed by atoms with E-state index in [4.69, 9.17) is 0 Å². The van der Waals surface area contributed by atoms with Crippen LogP contribution in [0.5, 0.6) is 0 Å². The van der Waals surface area contributed by atoms with Crippen molar-refractivity contribution in [3.8, 4) is 0 Å². The molecule has 0 amide bonds. The summed E-state index contributed by atoms with van der Waals surface area (Å²) in [7, 11) is 0. The zero-order chi connectivity index (χ0) is 11.6. The van der Waals surface area contributed by atoms with Gasteiger partial charge in [-0.15, -0.1) is 6.58 Å². The first-order valence-electron chi connectivity index (χ1n) is 7.22. The molecule has 1 rings (SSSR count). The average Bonchev–Trinajstić information content (AvgIpc) is 2.24. The van der Waals surface area contributed by atoms with Gasteiger partial charge in [-0.1, -0.05) is 45.1 Å². The molecule has 0 aromatic heterocycles. The molecule has 16 heavy (non-hydrogen) atoms. The average molecular weight is 223 g/mol. The van der Waals surface area contributed by atoms with Crippen molar-refractivity contribution in [1.29, 1.82) is 0 Å². The van der Waals surface area contributed by atoms with Crippen LogP contribution < -0.4 is 5.32 Å². The van der Waals surface area contributed by atoms with Crippen LogP contribution in [0.2, 0.25) is 0 Å². The van der Waals surface area contributed by atoms with Crippen molar-refractivity contribution in [1.82, 2.24) is 5.32 Å². The van der Waals surface area contributed by atoms with Crippen LogP contribution in [0.3, 0.4) is 0 Å². The van der Waals surface area contributed by atoms with Gasteiger partial charge in [-0.25, -0.2) is 0 Å². The molecule has 1 atom stereocenters. The van der Waals surface area contributed by atoms with Crippen molar-refractivity contribution < 1.29 is 0 Å². The standard InChI is InChI=1S/C15H29N/c1-3-10-15(16-13-4-2)14-11-8-6-5-7-9-12-14/h3,14-16H,1,4-13H2,2H3. The first kappa shape index (κ1) is 13.8. The Kier molecular flexibility index (Phi) is 7.58. The van der Waals surface area contributed by atoms with Crippen LogP contribution in [0.25, 0.3) is 0 Å². The third kappa shape index (κ3) is 5.16. The molecule has 0 bridgehead atoms. The van der Waals surface area contributed by atoms with Gasteiger partial charge in [-0.05, 0) is 38.1 Å². The molecule has 1 fully saturated rings. The Hall–Kier alpha value is -0.300. The molecule has 1 aliphatic carbocycles. The monoisotopic (exact) mass is 223 g/mol. The van der Waals surface area contributed by atoms with Gasteiger partial charge in [0.1, 0.15) is 0 Å². The van der Waals surface area contributed by atoms with Crippen molar-refractivity contribution in [2.75, 3.05) is 6.54 Å². The van der Waals surface area contributed by atoms with E-state index >= 15 is 0 Å². The lowest BCUT2D eigenvalue weighted by Crippen LogP contribution is -2.36. The fraction of sp³-hybridized carbons (Fsp3) is 0.867. The Morgan fingerprint density at radius 1 is 1.19 bits per heavy atom. The van der Waals surface area contributed by atoms with E-state index in [1.54, 1.807) is 0 Å². The summed E-state index contributed by atoms with van der Waals surface area (Å²) in [6, 6.07) is 0.690. The summed E-state index contributed by atoms with van der Waals surface area (Å²) in [6.45, 7) is 7.31. The van der Waals surface area contributed by atoms with Crippen LogP contribution in [0, 0.1) is 5.92 Å². The number of hydrogen-bond acceptors (Lipinski definition) is 1. The van der Waals surface area contributed by atoms with Crippen LogP contribution in [-0.4, -0.2) is 12.6 Å². The highest BCUT2D eigenvalue weighted by Crippen LogP contribution is 2.26. The normalized spacial score (nSPS) is 21.1. The SMILES string of the molecule is C=CCC(NCCC)C1CCCCCCC1. The fourth-order valence-corrected chi connectivity index (χ4v) is 2.84. The van der Waals surface area contributed by atoms with Gasteiger partial charge in [-0.3, -0.25) is 0 Å². The molecule has 1 saturated carbocycles. The lowest BCUT2D eigenvalue weighted by molar-refractivity contribution is 0.286. The molecule has 1 unspecified atom stereocenters. The van der Waals surface area contributed by atoms with E-state index in [-0.39, 0.29) is 0 Å². The van der Waals surface area contributed by atoms with Crippen molar-refractivity contribution in [3.05, 3.63) is 12.7 Å². The minimum Gasteiger partial charge on any atom is -0.313 e. The highest BCUT2D eigenvalue weighted by atomic mass is 14.9. The van der Waals surface area contributed by atoms with Gasteiger partial charge in [0, 0.05) is 6.04 Å². The minimum atomic E-state index is 0.690. The van der Waals surface area contributed by atoms with E-state index in [0.29, 0.717) is 6.04 Å². The zero-order valence-electron chi connectivity index (χ0n) is 11.0. The molecule has 0 aliphatic heterocycles. The Bertz CT molecular complexity index is 168. The maximum Gasteiger partial charge on any atom is 0.0130 e. The fourth-order valence-electron chi connectivity index (χ4n) is 2.84. The summed E-state index contributed by atoms with van der Waals surface area (Å²) in [5, 5.41) is 3.72. The second-order valence-corrected chi connectivity index (χ2v) is 5.19. The van der Waals surface area contributed by atoms with E-state index in [0.717, 1.165) is 18.9 Å².